The number of carbonyl (C=O) groups is 1. The van der Waals surface area contributed by atoms with Crippen molar-refractivity contribution in [2.45, 2.75) is 70.4 Å². The number of ketones is 1. The third-order valence-electron chi connectivity index (χ3n) is 8.40. The van der Waals surface area contributed by atoms with Crippen LogP contribution >= 0.6 is 0 Å². The van der Waals surface area contributed by atoms with Crippen molar-refractivity contribution in [3.05, 3.63) is 81.7 Å². The normalized spacial score (nSPS) is 17.9. The fourth-order valence-corrected chi connectivity index (χ4v) is 6.05. The van der Waals surface area contributed by atoms with Crippen molar-refractivity contribution in [2.24, 2.45) is 0 Å². The highest BCUT2D eigenvalue weighted by atomic mass is 19.4. The third kappa shape index (κ3) is 5.57. The van der Waals surface area contributed by atoms with Crippen molar-refractivity contribution in [3.63, 3.8) is 0 Å². The number of hydrogen-bond donors (Lipinski definition) is 1. The molecule has 3 aromatic rings. The van der Waals surface area contributed by atoms with Crippen LogP contribution in [0.3, 0.4) is 0 Å². The molecule has 5 nitrogen and oxygen atoms in total. The molecule has 0 bridgehead atoms. The molecular weight excluding hydrogens is 501 g/mol. The minimum atomic E-state index is -4.56. The van der Waals surface area contributed by atoms with Gasteiger partial charge in [0.1, 0.15) is 5.78 Å². The first-order chi connectivity index (χ1) is 18.4. The van der Waals surface area contributed by atoms with E-state index in [9.17, 15) is 18.0 Å². The standard InChI is InChI=1S/C31H35F3N4O/c1-19-16-22(20-12-14-38(4)15-13-20)9-10-25(19)36-29-35-18-24(31(32,33)34)26(37-29)11-8-21-6-5-7-23-17-27(39)30(2,3)28(21)23/h5-7,9-10,16,18,20H,8,11-15,17H2,1-4H3,(H,35,36,37). The highest BCUT2D eigenvalue weighted by Crippen LogP contribution is 2.39. The van der Waals surface area contributed by atoms with Gasteiger partial charge in [0.15, 0.2) is 0 Å². The Bertz CT molecular complexity index is 1390. The summed E-state index contributed by atoms with van der Waals surface area (Å²) in [6.07, 6.45) is -0.663. The van der Waals surface area contributed by atoms with Gasteiger partial charge in [0.25, 0.3) is 0 Å². The predicted molar refractivity (Wildman–Crippen MR) is 147 cm³/mol. The summed E-state index contributed by atoms with van der Waals surface area (Å²) in [7, 11) is 2.14. The first-order valence-electron chi connectivity index (χ1n) is 13.6. The Labute approximate surface area is 227 Å². The highest BCUT2D eigenvalue weighted by Gasteiger charge is 2.40. The van der Waals surface area contributed by atoms with Crippen LogP contribution < -0.4 is 5.32 Å². The summed E-state index contributed by atoms with van der Waals surface area (Å²) < 4.78 is 41.7. The molecule has 206 valence electrons. The molecule has 0 amide bonds. The summed E-state index contributed by atoms with van der Waals surface area (Å²) in [5.41, 5.74) is 4.34. The van der Waals surface area contributed by atoms with Gasteiger partial charge in [-0.05, 0) is 106 Å². The van der Waals surface area contributed by atoms with Crippen molar-refractivity contribution >= 4 is 17.4 Å². The van der Waals surface area contributed by atoms with E-state index in [0.29, 0.717) is 18.8 Å². The van der Waals surface area contributed by atoms with Gasteiger partial charge in [-0.1, -0.05) is 30.3 Å². The minimum absolute atomic E-state index is 0.0552. The Hall–Kier alpha value is -3.26. The molecule has 2 heterocycles. The smallest absolute Gasteiger partial charge is 0.324 e. The maximum absolute atomic E-state index is 13.9. The number of hydrogen-bond acceptors (Lipinski definition) is 5. The number of Topliss-reactive ketones (excluding diaryl/α,β-unsaturated/α-hetero) is 1. The molecule has 1 aliphatic heterocycles. The maximum atomic E-state index is 13.9. The number of likely N-dealkylation sites (tertiary alicyclic amines) is 1. The third-order valence-corrected chi connectivity index (χ3v) is 8.40. The molecule has 0 radical (unpaired) electrons. The zero-order valence-corrected chi connectivity index (χ0v) is 23.0. The molecule has 0 spiro atoms. The summed E-state index contributed by atoms with van der Waals surface area (Å²) in [6, 6.07) is 11.9. The van der Waals surface area contributed by atoms with Crippen LogP contribution in [0.4, 0.5) is 24.8 Å². The Morgan fingerprint density at radius 1 is 1.10 bits per heavy atom. The molecule has 1 N–H and O–H groups in total. The van der Waals surface area contributed by atoms with Crippen molar-refractivity contribution in [1.29, 1.82) is 0 Å². The molecular formula is C31H35F3N4O. The van der Waals surface area contributed by atoms with E-state index in [1.165, 1.54) is 5.56 Å². The summed E-state index contributed by atoms with van der Waals surface area (Å²) in [5.74, 6) is 0.788. The van der Waals surface area contributed by atoms with E-state index < -0.39 is 17.2 Å². The van der Waals surface area contributed by atoms with Gasteiger partial charge < -0.3 is 10.2 Å². The molecule has 1 saturated heterocycles. The number of benzene rings is 2. The molecule has 5 rings (SSSR count). The first-order valence-corrected chi connectivity index (χ1v) is 13.6. The zero-order chi connectivity index (χ0) is 27.9. The number of fused-ring (bicyclic) bond motifs is 1. The van der Waals surface area contributed by atoms with Gasteiger partial charge in [-0.15, -0.1) is 0 Å². The van der Waals surface area contributed by atoms with Crippen molar-refractivity contribution in [3.8, 4) is 0 Å². The number of rotatable bonds is 6. The lowest BCUT2D eigenvalue weighted by Crippen LogP contribution is -2.29. The molecule has 8 heteroatoms. The van der Waals surface area contributed by atoms with Crippen LogP contribution in [-0.2, 0) is 35.6 Å². The number of piperidine rings is 1. The summed E-state index contributed by atoms with van der Waals surface area (Å²) in [4.78, 5) is 23.3. The van der Waals surface area contributed by atoms with E-state index in [2.05, 4.69) is 39.4 Å². The van der Waals surface area contributed by atoms with E-state index in [-0.39, 0.29) is 23.8 Å². The zero-order valence-electron chi connectivity index (χ0n) is 23.0. The first kappa shape index (κ1) is 27.3. The van der Waals surface area contributed by atoms with E-state index in [4.69, 9.17) is 0 Å². The van der Waals surface area contributed by atoms with Gasteiger partial charge in [-0.2, -0.15) is 13.2 Å². The molecule has 2 aromatic carbocycles. The predicted octanol–water partition coefficient (Wildman–Crippen LogP) is 6.54. The van der Waals surface area contributed by atoms with Crippen molar-refractivity contribution in [2.75, 3.05) is 25.5 Å². The molecule has 0 unspecified atom stereocenters. The summed E-state index contributed by atoms with van der Waals surface area (Å²) in [6.45, 7) is 7.92. The van der Waals surface area contributed by atoms with Gasteiger partial charge in [-0.25, -0.2) is 9.97 Å². The SMILES string of the molecule is Cc1cc(C2CCN(C)CC2)ccc1Nc1ncc(C(F)(F)F)c(CCc2cccc3c2C(C)(C)C(=O)C3)n1. The fourth-order valence-electron chi connectivity index (χ4n) is 6.05. The van der Waals surface area contributed by atoms with Gasteiger partial charge in [0.05, 0.1) is 11.3 Å². The van der Waals surface area contributed by atoms with E-state index in [1.54, 1.807) is 0 Å². The quantitative estimate of drug-likeness (QED) is 0.388. The highest BCUT2D eigenvalue weighted by molar-refractivity contribution is 5.96. The van der Waals surface area contributed by atoms with Crippen LogP contribution in [0, 0.1) is 6.92 Å². The number of aryl methyl sites for hydroxylation is 3. The average molecular weight is 537 g/mol. The van der Waals surface area contributed by atoms with E-state index >= 15 is 0 Å². The number of carbonyl (C=O) groups excluding carboxylic acids is 1. The van der Waals surface area contributed by atoms with Crippen LogP contribution in [-0.4, -0.2) is 40.8 Å². The number of nitrogens with one attached hydrogen (secondary N) is 1. The lowest BCUT2D eigenvalue weighted by atomic mass is 9.81. The minimum Gasteiger partial charge on any atom is -0.324 e. The van der Waals surface area contributed by atoms with E-state index in [0.717, 1.165) is 60.1 Å². The number of halogens is 3. The molecule has 2 aliphatic rings. The van der Waals surface area contributed by atoms with Crippen LogP contribution in [0.1, 0.15) is 71.7 Å². The number of nitrogens with zero attached hydrogens (tertiary/aromatic N) is 3. The van der Waals surface area contributed by atoms with Crippen LogP contribution in [0.15, 0.2) is 42.6 Å². The van der Waals surface area contributed by atoms with Crippen molar-refractivity contribution in [1.82, 2.24) is 14.9 Å². The number of alkyl halides is 3. The summed E-state index contributed by atoms with van der Waals surface area (Å²) >= 11 is 0. The van der Waals surface area contributed by atoms with Gasteiger partial charge in [0, 0.05) is 23.7 Å². The molecule has 1 fully saturated rings. The van der Waals surface area contributed by atoms with Gasteiger partial charge >= 0.3 is 6.18 Å². The summed E-state index contributed by atoms with van der Waals surface area (Å²) in [5, 5.41) is 3.14. The number of anilines is 2. The molecule has 0 atom stereocenters. The Kier molecular flexibility index (Phi) is 7.27. The number of aromatic nitrogens is 2. The fraction of sp³-hybridized carbons (Fsp3) is 0.452. The second-order valence-electron chi connectivity index (χ2n) is 11.5. The monoisotopic (exact) mass is 536 g/mol. The molecule has 39 heavy (non-hydrogen) atoms. The Morgan fingerprint density at radius 3 is 2.54 bits per heavy atom. The molecule has 0 saturated carbocycles. The van der Waals surface area contributed by atoms with Crippen molar-refractivity contribution < 1.29 is 18.0 Å². The van der Waals surface area contributed by atoms with Gasteiger partial charge in [-0.3, -0.25) is 4.79 Å². The van der Waals surface area contributed by atoms with Crippen LogP contribution in [0.25, 0.3) is 0 Å². The lowest BCUT2D eigenvalue weighted by molar-refractivity contribution is -0.138. The molecule has 1 aromatic heterocycles. The van der Waals surface area contributed by atoms with E-state index in [1.807, 2.05) is 45.0 Å². The molecule has 1 aliphatic carbocycles. The van der Waals surface area contributed by atoms with Crippen LogP contribution in [0.2, 0.25) is 0 Å². The Morgan fingerprint density at radius 2 is 1.85 bits per heavy atom. The average Bonchev–Trinajstić information content (AvgIpc) is 3.12. The second-order valence-corrected chi connectivity index (χ2v) is 11.5. The van der Waals surface area contributed by atoms with Crippen LogP contribution in [0.5, 0.6) is 0 Å². The second kappa shape index (κ2) is 10.4. The Balaban J connectivity index is 1.38. The van der Waals surface area contributed by atoms with Gasteiger partial charge in [0.2, 0.25) is 5.95 Å². The largest absolute Gasteiger partial charge is 0.419 e. The topological polar surface area (TPSA) is 58.1 Å². The maximum Gasteiger partial charge on any atom is 0.419 e. The lowest BCUT2D eigenvalue weighted by Gasteiger charge is -2.29.